The zero-order chi connectivity index (χ0) is 13.8. The molecule has 0 bridgehead atoms. The monoisotopic (exact) mass is 278 g/mol. The summed E-state index contributed by atoms with van der Waals surface area (Å²) in [6, 6.07) is 0. The van der Waals surface area contributed by atoms with Gasteiger partial charge in [0.15, 0.2) is 0 Å². The van der Waals surface area contributed by atoms with Crippen LogP contribution >= 0.6 is 0 Å². The van der Waals surface area contributed by atoms with E-state index in [1.807, 2.05) is 6.20 Å². The lowest BCUT2D eigenvalue weighted by Gasteiger charge is -2.25. The van der Waals surface area contributed by atoms with Gasteiger partial charge < -0.3 is 20.5 Å². The Labute approximate surface area is 119 Å². The molecule has 1 aliphatic carbocycles. The average Bonchev–Trinajstić information content (AvgIpc) is 2.80. The van der Waals surface area contributed by atoms with Crippen molar-refractivity contribution in [2.24, 2.45) is 0 Å². The molecule has 1 fully saturated rings. The second-order valence-corrected chi connectivity index (χ2v) is 5.67. The van der Waals surface area contributed by atoms with Crippen LogP contribution in [0.25, 0.3) is 0 Å². The highest BCUT2D eigenvalue weighted by Crippen LogP contribution is 2.18. The number of nitrogens with one attached hydrogen (secondary N) is 2. The van der Waals surface area contributed by atoms with Gasteiger partial charge >= 0.3 is 0 Å². The number of rotatable bonds is 4. The number of β-amino-alcohol motifs (C(OH)–C–C–N with tert-alkyl or cyclic N) is 1. The van der Waals surface area contributed by atoms with Crippen molar-refractivity contribution in [3.05, 3.63) is 23.3 Å². The molecule has 20 heavy (non-hydrogen) atoms. The first-order valence-corrected chi connectivity index (χ1v) is 7.30. The zero-order valence-corrected chi connectivity index (χ0v) is 11.7. The molecule has 1 saturated heterocycles. The summed E-state index contributed by atoms with van der Waals surface area (Å²) in [6.45, 7) is 3.39. The Morgan fingerprint density at radius 3 is 3.35 bits per heavy atom. The van der Waals surface area contributed by atoms with Crippen LogP contribution < -0.4 is 10.6 Å². The normalized spacial score (nSPS) is 26.2. The Kier molecular flexibility index (Phi) is 4.26. The highest BCUT2D eigenvalue weighted by Gasteiger charge is 2.28. The quantitative estimate of drug-likeness (QED) is 0.683. The van der Waals surface area contributed by atoms with Gasteiger partial charge in [-0.25, -0.2) is 9.97 Å². The molecule has 110 valence electrons. The summed E-state index contributed by atoms with van der Waals surface area (Å²) in [5.41, 5.74) is 1.62. The number of aromatic nitrogens is 2. The summed E-state index contributed by atoms with van der Waals surface area (Å²) < 4.78 is 5.39. The number of aryl methyl sites for hydroxylation is 2. The first-order chi connectivity index (χ1) is 9.75. The number of hydrogen-bond acceptors (Lipinski definition) is 6. The van der Waals surface area contributed by atoms with Crippen LogP contribution in [0.15, 0.2) is 6.20 Å². The zero-order valence-electron chi connectivity index (χ0n) is 11.7. The van der Waals surface area contributed by atoms with Gasteiger partial charge in [-0.2, -0.15) is 0 Å². The third kappa shape index (κ3) is 3.32. The second-order valence-electron chi connectivity index (χ2n) is 5.67. The van der Waals surface area contributed by atoms with E-state index in [0.717, 1.165) is 25.2 Å². The average molecular weight is 278 g/mol. The molecule has 6 heteroatoms. The topological polar surface area (TPSA) is 79.3 Å². The molecule has 0 aromatic carbocycles. The number of fused-ring (bicyclic) bond motifs is 1. The van der Waals surface area contributed by atoms with Crippen LogP contribution in [0.2, 0.25) is 0 Å². The maximum atomic E-state index is 10.4. The van der Waals surface area contributed by atoms with Gasteiger partial charge in [0.2, 0.25) is 0 Å². The Bertz CT molecular complexity index is 458. The third-order valence-electron chi connectivity index (χ3n) is 3.85. The van der Waals surface area contributed by atoms with Crippen molar-refractivity contribution in [2.75, 3.05) is 32.8 Å². The fourth-order valence-corrected chi connectivity index (χ4v) is 2.74. The van der Waals surface area contributed by atoms with Crippen molar-refractivity contribution in [1.29, 1.82) is 0 Å². The lowest BCUT2D eigenvalue weighted by molar-refractivity contribution is -0.0265. The maximum absolute atomic E-state index is 10.4. The van der Waals surface area contributed by atoms with E-state index in [1.54, 1.807) is 0 Å². The minimum absolute atomic E-state index is 0.359. The molecule has 1 atom stereocenters. The van der Waals surface area contributed by atoms with Crippen LogP contribution in [0.1, 0.15) is 23.5 Å². The molecule has 0 spiro atoms. The van der Waals surface area contributed by atoms with Crippen LogP contribution in [-0.2, 0) is 24.1 Å². The minimum atomic E-state index is -0.854. The van der Waals surface area contributed by atoms with Crippen molar-refractivity contribution < 1.29 is 9.84 Å². The van der Waals surface area contributed by atoms with E-state index >= 15 is 0 Å². The number of aliphatic hydroxyl groups is 1. The molecule has 3 rings (SSSR count). The largest absolute Gasteiger partial charge is 0.385 e. The highest BCUT2D eigenvalue weighted by atomic mass is 16.5. The lowest BCUT2D eigenvalue weighted by atomic mass is 10.1. The Morgan fingerprint density at radius 2 is 2.40 bits per heavy atom. The molecule has 2 heterocycles. The van der Waals surface area contributed by atoms with E-state index in [2.05, 4.69) is 20.6 Å². The third-order valence-corrected chi connectivity index (χ3v) is 3.85. The first kappa shape index (κ1) is 13.9. The minimum Gasteiger partial charge on any atom is -0.385 e. The molecule has 3 N–H and O–H groups in total. The predicted octanol–water partition coefficient (Wildman–Crippen LogP) is -0.594. The molecule has 0 radical (unpaired) electrons. The summed E-state index contributed by atoms with van der Waals surface area (Å²) in [6.07, 6.45) is 5.29. The molecule has 1 aromatic heterocycles. The summed E-state index contributed by atoms with van der Waals surface area (Å²) in [4.78, 5) is 8.95. The van der Waals surface area contributed by atoms with Gasteiger partial charge in [0, 0.05) is 31.5 Å². The van der Waals surface area contributed by atoms with Crippen molar-refractivity contribution >= 4 is 0 Å². The van der Waals surface area contributed by atoms with Gasteiger partial charge in [0.25, 0.3) is 0 Å². The van der Waals surface area contributed by atoms with Crippen molar-refractivity contribution in [2.45, 2.75) is 31.4 Å². The number of ether oxygens (including phenoxy) is 1. The molecule has 0 amide bonds. The molecule has 1 unspecified atom stereocenters. The van der Waals surface area contributed by atoms with Crippen LogP contribution in [0.3, 0.4) is 0 Å². The molecule has 6 nitrogen and oxygen atoms in total. The van der Waals surface area contributed by atoms with E-state index in [9.17, 15) is 5.11 Å². The Hall–Kier alpha value is -1.08. The van der Waals surface area contributed by atoms with Gasteiger partial charge in [0.1, 0.15) is 11.4 Å². The fourth-order valence-electron chi connectivity index (χ4n) is 2.74. The van der Waals surface area contributed by atoms with Crippen LogP contribution in [0, 0.1) is 0 Å². The smallest absolute Gasteiger partial charge is 0.142 e. The molecule has 0 saturated carbocycles. The van der Waals surface area contributed by atoms with E-state index < -0.39 is 5.60 Å². The van der Waals surface area contributed by atoms with E-state index in [-0.39, 0.29) is 0 Å². The van der Waals surface area contributed by atoms with Crippen molar-refractivity contribution in [3.8, 4) is 0 Å². The molecule has 2 aliphatic rings. The summed E-state index contributed by atoms with van der Waals surface area (Å²) in [5.74, 6) is 0.803. The van der Waals surface area contributed by atoms with Gasteiger partial charge in [0.05, 0.1) is 19.8 Å². The van der Waals surface area contributed by atoms with E-state index in [0.29, 0.717) is 32.8 Å². The standard InChI is InChI=1S/C14H22N4O2/c19-14(8-15-4-5-20-10-14)9-16-7-13-17-6-11-2-1-3-12(11)18-13/h6,15-16,19H,1-5,7-10H2. The maximum Gasteiger partial charge on any atom is 0.142 e. The fraction of sp³-hybridized carbons (Fsp3) is 0.714. The Morgan fingerprint density at radius 1 is 1.45 bits per heavy atom. The molecule has 1 aromatic rings. The SMILES string of the molecule is OC1(CNCc2ncc3c(n2)CCC3)CNCCOC1. The van der Waals surface area contributed by atoms with Gasteiger partial charge in [-0.1, -0.05) is 0 Å². The molecular weight excluding hydrogens is 256 g/mol. The van der Waals surface area contributed by atoms with Crippen molar-refractivity contribution in [1.82, 2.24) is 20.6 Å². The first-order valence-electron chi connectivity index (χ1n) is 7.30. The van der Waals surface area contributed by atoms with Gasteiger partial charge in [-0.15, -0.1) is 0 Å². The second kappa shape index (κ2) is 6.13. The predicted molar refractivity (Wildman–Crippen MR) is 74.4 cm³/mol. The number of hydrogen-bond donors (Lipinski definition) is 3. The lowest BCUT2D eigenvalue weighted by Crippen LogP contribution is -2.50. The number of nitrogens with zero attached hydrogens (tertiary/aromatic N) is 2. The van der Waals surface area contributed by atoms with Gasteiger partial charge in [-0.3, -0.25) is 0 Å². The summed E-state index contributed by atoms with van der Waals surface area (Å²) >= 11 is 0. The summed E-state index contributed by atoms with van der Waals surface area (Å²) in [5, 5.41) is 16.8. The van der Waals surface area contributed by atoms with Crippen LogP contribution in [-0.4, -0.2) is 53.5 Å². The van der Waals surface area contributed by atoms with E-state index in [4.69, 9.17) is 4.74 Å². The highest BCUT2D eigenvalue weighted by molar-refractivity contribution is 5.22. The van der Waals surface area contributed by atoms with Crippen LogP contribution in [0.5, 0.6) is 0 Å². The van der Waals surface area contributed by atoms with Crippen molar-refractivity contribution in [3.63, 3.8) is 0 Å². The molecular formula is C14H22N4O2. The Balaban J connectivity index is 1.52. The van der Waals surface area contributed by atoms with E-state index in [1.165, 1.54) is 17.7 Å². The van der Waals surface area contributed by atoms with Gasteiger partial charge in [-0.05, 0) is 24.8 Å². The summed E-state index contributed by atoms with van der Waals surface area (Å²) in [7, 11) is 0. The van der Waals surface area contributed by atoms with Crippen LogP contribution in [0.4, 0.5) is 0 Å². The molecule has 1 aliphatic heterocycles.